The second kappa shape index (κ2) is 19.7. The molecule has 0 saturated heterocycles. The standard InChI is InChI=1S/C21H46NO.BrH/c1-4-22(5-2,6-3)20-18-16-14-12-10-8-7-9-11-13-15-17-19-21-23;/h23H,4-21H2,1-3H3;1H/q+1;/p-1. The zero-order valence-corrected chi connectivity index (χ0v) is 18.6. The molecule has 0 aliphatic rings. The number of hydrogen-bond acceptors (Lipinski definition) is 1. The first-order chi connectivity index (χ1) is 11.2. The molecule has 0 heterocycles. The molecule has 0 radical (unpaired) electrons. The number of hydrogen-bond donors (Lipinski definition) is 1. The summed E-state index contributed by atoms with van der Waals surface area (Å²) in [6.45, 7) is 12.7. The van der Waals surface area contributed by atoms with Crippen LogP contribution in [0.2, 0.25) is 0 Å². The molecule has 0 aromatic rings. The van der Waals surface area contributed by atoms with Gasteiger partial charge in [0, 0.05) is 6.61 Å². The smallest absolute Gasteiger partial charge is 0.0786 e. The van der Waals surface area contributed by atoms with Crippen molar-refractivity contribution in [1.29, 1.82) is 0 Å². The number of quaternary nitrogens is 1. The molecule has 3 heteroatoms. The van der Waals surface area contributed by atoms with Crippen LogP contribution in [0.3, 0.4) is 0 Å². The summed E-state index contributed by atoms with van der Waals surface area (Å²) in [4.78, 5) is 0. The Morgan fingerprint density at radius 3 is 1.08 bits per heavy atom. The number of rotatable bonds is 18. The van der Waals surface area contributed by atoms with Gasteiger partial charge in [-0.25, -0.2) is 0 Å². The van der Waals surface area contributed by atoms with E-state index >= 15 is 0 Å². The minimum atomic E-state index is 0. The molecule has 0 atom stereocenters. The molecule has 1 N–H and O–H groups in total. The summed E-state index contributed by atoms with van der Waals surface area (Å²) in [6, 6.07) is 0. The average molecular weight is 409 g/mol. The van der Waals surface area contributed by atoms with Gasteiger partial charge in [0.15, 0.2) is 0 Å². The van der Waals surface area contributed by atoms with Gasteiger partial charge in [-0.15, -0.1) is 0 Å². The Hall–Kier alpha value is 0.400. The molecule has 0 unspecified atom stereocenters. The number of aliphatic hydroxyl groups excluding tert-OH is 1. The molecule has 0 bridgehead atoms. The van der Waals surface area contributed by atoms with E-state index in [1.807, 2.05) is 0 Å². The van der Waals surface area contributed by atoms with Crippen molar-refractivity contribution in [2.24, 2.45) is 0 Å². The van der Waals surface area contributed by atoms with E-state index in [4.69, 9.17) is 5.11 Å². The van der Waals surface area contributed by atoms with Crippen molar-refractivity contribution in [3.63, 3.8) is 0 Å². The van der Waals surface area contributed by atoms with Gasteiger partial charge in [0.2, 0.25) is 0 Å². The van der Waals surface area contributed by atoms with Crippen LogP contribution in [0.5, 0.6) is 0 Å². The Labute approximate surface area is 163 Å². The molecule has 0 aliphatic heterocycles. The molecule has 0 fully saturated rings. The Morgan fingerprint density at radius 2 is 0.792 bits per heavy atom. The average Bonchev–Trinajstić information content (AvgIpc) is 2.59. The van der Waals surface area contributed by atoms with Crippen molar-refractivity contribution in [3.05, 3.63) is 0 Å². The van der Waals surface area contributed by atoms with E-state index in [1.54, 1.807) is 0 Å². The third-order valence-electron chi connectivity index (χ3n) is 5.80. The molecule has 0 aromatic heterocycles. The third kappa shape index (κ3) is 14.7. The van der Waals surface area contributed by atoms with E-state index in [-0.39, 0.29) is 17.0 Å². The van der Waals surface area contributed by atoms with Crippen LogP contribution in [0.25, 0.3) is 0 Å². The van der Waals surface area contributed by atoms with Crippen LogP contribution in [0.1, 0.15) is 104 Å². The maximum atomic E-state index is 8.72. The van der Waals surface area contributed by atoms with Gasteiger partial charge in [0.1, 0.15) is 0 Å². The Balaban J connectivity index is 0. The van der Waals surface area contributed by atoms with E-state index < -0.39 is 0 Å². The van der Waals surface area contributed by atoms with Crippen LogP contribution in [0.15, 0.2) is 0 Å². The Morgan fingerprint density at radius 1 is 0.500 bits per heavy atom. The number of unbranched alkanes of at least 4 members (excludes halogenated alkanes) is 12. The van der Waals surface area contributed by atoms with Crippen LogP contribution < -0.4 is 17.0 Å². The summed E-state index contributed by atoms with van der Waals surface area (Å²) < 4.78 is 1.32. The Kier molecular flexibility index (Phi) is 21.9. The van der Waals surface area contributed by atoms with Gasteiger partial charge in [-0.3, -0.25) is 0 Å². The van der Waals surface area contributed by atoms with Crippen molar-refractivity contribution >= 4 is 0 Å². The quantitative estimate of drug-likeness (QED) is 0.273. The molecule has 0 spiro atoms. The van der Waals surface area contributed by atoms with Crippen LogP contribution in [0.4, 0.5) is 0 Å². The zero-order chi connectivity index (χ0) is 17.2. The minimum Gasteiger partial charge on any atom is -1.00 e. The fourth-order valence-electron chi connectivity index (χ4n) is 3.65. The van der Waals surface area contributed by atoms with Crippen molar-refractivity contribution in [1.82, 2.24) is 0 Å². The predicted octanol–water partition coefficient (Wildman–Crippen LogP) is 2.93. The number of halogens is 1. The first-order valence-electron chi connectivity index (χ1n) is 10.7. The SMILES string of the molecule is CC[N+](CC)(CC)CCCCCCCCCCCCCCCO.[Br-]. The maximum Gasteiger partial charge on any atom is 0.0786 e. The first kappa shape index (κ1) is 26.6. The molecule has 0 aliphatic carbocycles. The van der Waals surface area contributed by atoms with Crippen LogP contribution in [0, 0.1) is 0 Å². The predicted molar refractivity (Wildman–Crippen MR) is 104 cm³/mol. The van der Waals surface area contributed by atoms with E-state index in [2.05, 4.69) is 20.8 Å². The van der Waals surface area contributed by atoms with Gasteiger partial charge in [-0.2, -0.15) is 0 Å². The van der Waals surface area contributed by atoms with Crippen LogP contribution in [-0.2, 0) is 0 Å². The second-order valence-corrected chi connectivity index (χ2v) is 7.33. The lowest BCUT2D eigenvalue weighted by Crippen LogP contribution is -3.00. The summed E-state index contributed by atoms with van der Waals surface area (Å²) in [5.41, 5.74) is 0. The van der Waals surface area contributed by atoms with Gasteiger partial charge in [0.05, 0.1) is 26.2 Å². The third-order valence-corrected chi connectivity index (χ3v) is 5.80. The maximum absolute atomic E-state index is 8.72. The number of nitrogens with zero attached hydrogens (tertiary/aromatic N) is 1. The highest BCUT2D eigenvalue weighted by Crippen LogP contribution is 2.14. The lowest BCUT2D eigenvalue weighted by Gasteiger charge is -2.35. The molecule has 0 rings (SSSR count). The van der Waals surface area contributed by atoms with Gasteiger partial charge in [-0.05, 0) is 40.0 Å². The minimum absolute atomic E-state index is 0. The summed E-state index contributed by atoms with van der Waals surface area (Å²) in [5, 5.41) is 8.72. The lowest BCUT2D eigenvalue weighted by molar-refractivity contribution is -0.923. The van der Waals surface area contributed by atoms with Gasteiger partial charge in [-0.1, -0.05) is 64.2 Å². The zero-order valence-electron chi connectivity index (χ0n) is 17.0. The Bertz CT molecular complexity index is 224. The lowest BCUT2D eigenvalue weighted by atomic mass is 10.0. The van der Waals surface area contributed by atoms with E-state index in [1.165, 1.54) is 108 Å². The van der Waals surface area contributed by atoms with Crippen molar-refractivity contribution in [3.8, 4) is 0 Å². The van der Waals surface area contributed by atoms with Crippen LogP contribution in [-0.4, -0.2) is 42.4 Å². The number of aliphatic hydroxyl groups is 1. The summed E-state index contributed by atoms with van der Waals surface area (Å²) in [5.74, 6) is 0. The molecular formula is C21H46BrNO. The van der Waals surface area contributed by atoms with E-state index in [0.717, 1.165) is 6.42 Å². The largest absolute Gasteiger partial charge is 1.00 e. The van der Waals surface area contributed by atoms with Crippen molar-refractivity contribution < 1.29 is 26.6 Å². The summed E-state index contributed by atoms with van der Waals surface area (Å²) >= 11 is 0. The topological polar surface area (TPSA) is 20.2 Å². The monoisotopic (exact) mass is 407 g/mol. The summed E-state index contributed by atoms with van der Waals surface area (Å²) in [7, 11) is 0. The van der Waals surface area contributed by atoms with E-state index in [0.29, 0.717) is 6.61 Å². The second-order valence-electron chi connectivity index (χ2n) is 7.33. The normalized spacial score (nSPS) is 11.5. The molecule has 2 nitrogen and oxygen atoms in total. The molecule has 148 valence electrons. The highest BCUT2D eigenvalue weighted by atomic mass is 79.9. The molecule has 0 saturated carbocycles. The van der Waals surface area contributed by atoms with Gasteiger partial charge >= 0.3 is 0 Å². The first-order valence-corrected chi connectivity index (χ1v) is 10.7. The van der Waals surface area contributed by atoms with Crippen LogP contribution >= 0.6 is 0 Å². The molecular weight excluding hydrogens is 362 g/mol. The highest BCUT2D eigenvalue weighted by Gasteiger charge is 2.19. The molecule has 0 amide bonds. The van der Waals surface area contributed by atoms with Gasteiger partial charge in [0.25, 0.3) is 0 Å². The van der Waals surface area contributed by atoms with Crippen molar-refractivity contribution in [2.45, 2.75) is 104 Å². The molecule has 24 heavy (non-hydrogen) atoms. The van der Waals surface area contributed by atoms with Gasteiger partial charge < -0.3 is 26.6 Å². The van der Waals surface area contributed by atoms with Crippen molar-refractivity contribution in [2.75, 3.05) is 32.8 Å². The summed E-state index contributed by atoms with van der Waals surface area (Å²) in [6.07, 6.45) is 17.8. The molecule has 0 aromatic carbocycles. The van der Waals surface area contributed by atoms with E-state index in [9.17, 15) is 0 Å². The highest BCUT2D eigenvalue weighted by molar-refractivity contribution is 4.50. The fourth-order valence-corrected chi connectivity index (χ4v) is 3.65. The fraction of sp³-hybridized carbons (Fsp3) is 1.00.